The molecule has 0 atom stereocenters. The predicted octanol–water partition coefficient (Wildman–Crippen LogP) is 2.66. The number of carbonyl (C=O) groups is 2. The first-order valence-corrected chi connectivity index (χ1v) is 5.83. The molecule has 0 aliphatic heterocycles. The van der Waals surface area contributed by atoms with Crippen LogP contribution in [0, 0.1) is 5.41 Å². The smallest absolute Gasteiger partial charge is 0.314 e. The Bertz CT molecular complexity index is 231. The fourth-order valence-corrected chi connectivity index (χ4v) is 1.14. The molecule has 4 heteroatoms. The second kappa shape index (κ2) is 7.25. The predicted molar refractivity (Wildman–Crippen MR) is 60.6 cm³/mol. The molecule has 0 aromatic heterocycles. The number of esters is 2. The van der Waals surface area contributed by atoms with E-state index in [1.54, 1.807) is 0 Å². The number of rotatable bonds is 7. The van der Waals surface area contributed by atoms with Crippen LogP contribution >= 0.6 is 0 Å². The zero-order valence-electron chi connectivity index (χ0n) is 10.7. The molecule has 4 nitrogen and oxygen atoms in total. The molecule has 16 heavy (non-hydrogen) atoms. The molecule has 0 aliphatic rings. The third-order valence-corrected chi connectivity index (χ3v) is 2.92. The molecule has 0 rings (SSSR count). The molecule has 94 valence electrons. The fourth-order valence-electron chi connectivity index (χ4n) is 1.14. The van der Waals surface area contributed by atoms with Gasteiger partial charge in [0.25, 0.3) is 0 Å². The number of hydrogen-bond acceptors (Lipinski definition) is 4. The van der Waals surface area contributed by atoms with E-state index in [0.29, 0.717) is 19.3 Å². The van der Waals surface area contributed by atoms with Gasteiger partial charge in [0.1, 0.15) is 0 Å². The van der Waals surface area contributed by atoms with Crippen molar-refractivity contribution in [1.29, 1.82) is 0 Å². The molecule has 0 radical (unpaired) electrons. The van der Waals surface area contributed by atoms with Gasteiger partial charge in [-0.3, -0.25) is 9.59 Å². The van der Waals surface area contributed by atoms with Crippen molar-refractivity contribution in [2.45, 2.75) is 53.4 Å². The summed E-state index contributed by atoms with van der Waals surface area (Å²) in [6.07, 6.45) is 2.52. The second-order valence-corrected chi connectivity index (χ2v) is 4.08. The van der Waals surface area contributed by atoms with Crippen molar-refractivity contribution >= 4 is 11.9 Å². The van der Waals surface area contributed by atoms with Crippen molar-refractivity contribution in [2.75, 3.05) is 6.79 Å². The zero-order chi connectivity index (χ0) is 12.6. The summed E-state index contributed by atoms with van der Waals surface area (Å²) in [5, 5.41) is 0. The molecular formula is C12H22O4. The molecule has 0 saturated heterocycles. The standard InChI is InChI=1S/C12H22O4/c1-5-8-10(13)15-9-16-11(14)12(4,6-2)7-3/h5-9H2,1-4H3. The van der Waals surface area contributed by atoms with Crippen LogP contribution in [0.15, 0.2) is 0 Å². The van der Waals surface area contributed by atoms with Gasteiger partial charge in [0.2, 0.25) is 6.79 Å². The Hall–Kier alpha value is -1.06. The summed E-state index contributed by atoms with van der Waals surface area (Å²) in [7, 11) is 0. The van der Waals surface area contributed by atoms with Gasteiger partial charge in [-0.15, -0.1) is 0 Å². The van der Waals surface area contributed by atoms with Crippen molar-refractivity contribution in [1.82, 2.24) is 0 Å². The van der Waals surface area contributed by atoms with Crippen LogP contribution in [-0.4, -0.2) is 18.7 Å². The van der Waals surface area contributed by atoms with Crippen LogP contribution in [-0.2, 0) is 19.1 Å². The highest BCUT2D eigenvalue weighted by Crippen LogP contribution is 2.26. The average molecular weight is 230 g/mol. The highest BCUT2D eigenvalue weighted by molar-refractivity contribution is 5.76. The van der Waals surface area contributed by atoms with Gasteiger partial charge >= 0.3 is 11.9 Å². The molecule has 0 saturated carbocycles. The quantitative estimate of drug-likeness (QED) is 0.498. The Morgan fingerprint density at radius 2 is 1.62 bits per heavy atom. The SMILES string of the molecule is CCCC(=O)OCOC(=O)C(C)(CC)CC. The largest absolute Gasteiger partial charge is 0.428 e. The van der Waals surface area contributed by atoms with E-state index in [9.17, 15) is 9.59 Å². The molecule has 0 fully saturated rings. The summed E-state index contributed by atoms with van der Waals surface area (Å²) < 4.78 is 9.68. The normalized spacial score (nSPS) is 11.0. The van der Waals surface area contributed by atoms with Crippen LogP contribution in [0.1, 0.15) is 53.4 Å². The highest BCUT2D eigenvalue weighted by Gasteiger charge is 2.30. The van der Waals surface area contributed by atoms with E-state index < -0.39 is 5.41 Å². The van der Waals surface area contributed by atoms with Gasteiger partial charge in [0.05, 0.1) is 5.41 Å². The van der Waals surface area contributed by atoms with Gasteiger partial charge in [-0.1, -0.05) is 20.8 Å². The Kier molecular flexibility index (Phi) is 6.77. The molecule has 0 N–H and O–H groups in total. The van der Waals surface area contributed by atoms with E-state index in [-0.39, 0.29) is 18.7 Å². The Balaban J connectivity index is 3.94. The van der Waals surface area contributed by atoms with Crippen LogP contribution in [0.3, 0.4) is 0 Å². The summed E-state index contributed by atoms with van der Waals surface area (Å²) in [4.78, 5) is 22.7. The van der Waals surface area contributed by atoms with Crippen molar-refractivity contribution in [3.8, 4) is 0 Å². The lowest BCUT2D eigenvalue weighted by Gasteiger charge is -2.23. The van der Waals surface area contributed by atoms with Gasteiger partial charge in [-0.25, -0.2) is 0 Å². The zero-order valence-corrected chi connectivity index (χ0v) is 10.7. The van der Waals surface area contributed by atoms with Gasteiger partial charge in [0, 0.05) is 6.42 Å². The van der Waals surface area contributed by atoms with Crippen LogP contribution in [0.2, 0.25) is 0 Å². The van der Waals surface area contributed by atoms with Crippen molar-refractivity contribution in [3.63, 3.8) is 0 Å². The lowest BCUT2D eigenvalue weighted by Crippen LogP contribution is -2.29. The molecule has 0 heterocycles. The van der Waals surface area contributed by atoms with Crippen molar-refractivity contribution in [3.05, 3.63) is 0 Å². The molecule has 0 aromatic rings. The lowest BCUT2D eigenvalue weighted by atomic mass is 9.85. The van der Waals surface area contributed by atoms with E-state index in [2.05, 4.69) is 0 Å². The average Bonchev–Trinajstić information content (AvgIpc) is 2.28. The van der Waals surface area contributed by atoms with E-state index in [1.165, 1.54) is 0 Å². The molecule has 0 aliphatic carbocycles. The first kappa shape index (κ1) is 14.9. The van der Waals surface area contributed by atoms with E-state index in [4.69, 9.17) is 9.47 Å². The maximum absolute atomic E-state index is 11.7. The minimum Gasteiger partial charge on any atom is -0.428 e. The fraction of sp³-hybridized carbons (Fsp3) is 0.833. The topological polar surface area (TPSA) is 52.6 Å². The summed E-state index contributed by atoms with van der Waals surface area (Å²) >= 11 is 0. The minimum absolute atomic E-state index is 0.271. The summed E-state index contributed by atoms with van der Waals surface area (Å²) in [5.74, 6) is -0.633. The number of hydrogen-bond donors (Lipinski definition) is 0. The first-order valence-electron chi connectivity index (χ1n) is 5.83. The van der Waals surface area contributed by atoms with Crippen LogP contribution < -0.4 is 0 Å². The third kappa shape index (κ3) is 4.64. The summed E-state index contributed by atoms with van der Waals surface area (Å²) in [6, 6.07) is 0. The summed E-state index contributed by atoms with van der Waals surface area (Å²) in [6.45, 7) is 7.34. The Morgan fingerprint density at radius 3 is 2.06 bits per heavy atom. The minimum atomic E-state index is -0.475. The van der Waals surface area contributed by atoms with Crippen molar-refractivity contribution < 1.29 is 19.1 Å². The maximum Gasteiger partial charge on any atom is 0.314 e. The highest BCUT2D eigenvalue weighted by atomic mass is 16.7. The molecule has 0 spiro atoms. The van der Waals surface area contributed by atoms with E-state index in [0.717, 1.165) is 6.42 Å². The van der Waals surface area contributed by atoms with Crippen LogP contribution in [0.5, 0.6) is 0 Å². The van der Waals surface area contributed by atoms with Gasteiger partial charge in [-0.05, 0) is 26.2 Å². The lowest BCUT2D eigenvalue weighted by molar-refractivity contribution is -0.174. The Morgan fingerprint density at radius 1 is 1.06 bits per heavy atom. The number of carbonyl (C=O) groups excluding carboxylic acids is 2. The third-order valence-electron chi connectivity index (χ3n) is 2.92. The first-order chi connectivity index (χ1) is 7.50. The van der Waals surface area contributed by atoms with E-state index in [1.807, 2.05) is 27.7 Å². The number of ether oxygens (including phenoxy) is 2. The van der Waals surface area contributed by atoms with Gasteiger partial charge in [-0.2, -0.15) is 0 Å². The summed E-state index contributed by atoms with van der Waals surface area (Å²) in [5.41, 5.74) is -0.475. The molecule has 0 aromatic carbocycles. The Labute approximate surface area is 97.3 Å². The van der Waals surface area contributed by atoms with E-state index >= 15 is 0 Å². The van der Waals surface area contributed by atoms with Gasteiger partial charge < -0.3 is 9.47 Å². The van der Waals surface area contributed by atoms with Crippen LogP contribution in [0.4, 0.5) is 0 Å². The van der Waals surface area contributed by atoms with Crippen LogP contribution in [0.25, 0.3) is 0 Å². The molecule has 0 unspecified atom stereocenters. The maximum atomic E-state index is 11.7. The molecule has 0 bridgehead atoms. The van der Waals surface area contributed by atoms with Crippen molar-refractivity contribution in [2.24, 2.45) is 5.41 Å². The second-order valence-electron chi connectivity index (χ2n) is 4.08. The van der Waals surface area contributed by atoms with Gasteiger partial charge in [0.15, 0.2) is 0 Å². The monoisotopic (exact) mass is 230 g/mol. The molecular weight excluding hydrogens is 208 g/mol. The molecule has 0 amide bonds.